The van der Waals surface area contributed by atoms with Crippen LogP contribution in [0.3, 0.4) is 0 Å². The normalized spacial score (nSPS) is 18.2. The van der Waals surface area contributed by atoms with Crippen molar-refractivity contribution < 1.29 is 19.5 Å². The quantitative estimate of drug-likeness (QED) is 0.172. The van der Waals surface area contributed by atoms with Gasteiger partial charge < -0.3 is 26.0 Å². The van der Waals surface area contributed by atoms with Crippen LogP contribution in [-0.2, 0) is 22.4 Å². The van der Waals surface area contributed by atoms with Crippen molar-refractivity contribution in [3.05, 3.63) is 86.8 Å². The molecule has 1 fully saturated rings. The minimum atomic E-state index is -0.256. The van der Waals surface area contributed by atoms with Gasteiger partial charge in [0.15, 0.2) is 0 Å². The lowest BCUT2D eigenvalue weighted by Crippen LogP contribution is -2.38. The second-order valence-electron chi connectivity index (χ2n) is 13.0. The van der Waals surface area contributed by atoms with Gasteiger partial charge in [0.1, 0.15) is 4.83 Å². The number of carbonyl (C=O) groups excluding carboxylic acids is 2. The van der Waals surface area contributed by atoms with Gasteiger partial charge in [0.2, 0.25) is 11.5 Å². The zero-order valence-electron chi connectivity index (χ0n) is 26.4. The summed E-state index contributed by atoms with van der Waals surface area (Å²) in [7, 11) is 0. The SMILES string of the molecule is CC(C)(C)[C@H]1CCc2nc3sc(C(=O)N[C@H](CCNC4CCNC4=O)c4ccc(-c5ccc(=O)[nH]c5)cc4)cc3cc2C1.O=CO. The van der Waals surface area contributed by atoms with Crippen LogP contribution in [0.5, 0.6) is 0 Å². The molecule has 0 bridgehead atoms. The molecule has 3 atom stereocenters. The van der Waals surface area contributed by atoms with Crippen molar-refractivity contribution in [2.24, 2.45) is 11.3 Å². The fraction of sp³-hybridized carbons (Fsp3) is 0.400. The molecule has 2 aliphatic rings. The Morgan fingerprint density at radius 1 is 1.11 bits per heavy atom. The number of benzene rings is 1. The van der Waals surface area contributed by atoms with Crippen LogP contribution in [-0.4, -0.2) is 52.5 Å². The lowest BCUT2D eigenvalue weighted by molar-refractivity contribution is -0.123. The van der Waals surface area contributed by atoms with Gasteiger partial charge >= 0.3 is 0 Å². The van der Waals surface area contributed by atoms with Crippen molar-refractivity contribution in [1.29, 1.82) is 0 Å². The molecule has 11 heteroatoms. The van der Waals surface area contributed by atoms with E-state index in [1.807, 2.05) is 30.3 Å². The fourth-order valence-electron chi connectivity index (χ4n) is 6.21. The zero-order valence-corrected chi connectivity index (χ0v) is 27.2. The molecule has 1 aromatic carbocycles. The largest absolute Gasteiger partial charge is 0.483 e. The maximum absolute atomic E-state index is 13.6. The van der Waals surface area contributed by atoms with Crippen LogP contribution < -0.4 is 21.5 Å². The maximum Gasteiger partial charge on any atom is 0.290 e. The summed E-state index contributed by atoms with van der Waals surface area (Å²) >= 11 is 1.45. The minimum absolute atomic E-state index is 0.0279. The third-order valence-corrected chi connectivity index (χ3v) is 9.97. The predicted octanol–water partition coefficient (Wildman–Crippen LogP) is 4.84. The number of hydrogen-bond donors (Lipinski definition) is 5. The van der Waals surface area contributed by atoms with Crippen LogP contribution in [0.2, 0.25) is 0 Å². The predicted molar refractivity (Wildman–Crippen MR) is 180 cm³/mol. The standard InChI is InChI=1S/C34H39N5O3S.CH2O2/c1-34(2,3)25-9-10-26-23(17-25)16-24-18-29(43-33(24)39-26)32(42)38-27(12-14-35-28-13-15-36-31(28)41)21-6-4-20(5-7-21)22-8-11-30(40)37-19-22;2-1-3/h4-8,11,16,18-19,25,27-28,35H,9-10,12-15,17H2,1-3H3,(H,36,41)(H,37,40)(H,38,42);1H,(H,2,3)/t25-,27+,28?;/m0./s1. The summed E-state index contributed by atoms with van der Waals surface area (Å²) < 4.78 is 0. The summed E-state index contributed by atoms with van der Waals surface area (Å²) in [5.74, 6) is 0.530. The topological polar surface area (TPSA) is 153 Å². The Morgan fingerprint density at radius 2 is 1.85 bits per heavy atom. The number of H-pyrrole nitrogens is 1. The van der Waals surface area contributed by atoms with Crippen molar-refractivity contribution in [2.45, 2.75) is 65.0 Å². The number of nitrogens with one attached hydrogen (secondary N) is 4. The molecule has 0 spiro atoms. The summed E-state index contributed by atoms with van der Waals surface area (Å²) in [5, 5.41) is 17.4. The number of aryl methyl sites for hydroxylation is 1. The van der Waals surface area contributed by atoms with E-state index in [1.165, 1.54) is 28.7 Å². The van der Waals surface area contributed by atoms with E-state index in [0.29, 0.717) is 30.3 Å². The number of carboxylic acid groups (broad SMARTS) is 1. The lowest BCUT2D eigenvalue weighted by Gasteiger charge is -2.34. The van der Waals surface area contributed by atoms with E-state index >= 15 is 0 Å². The van der Waals surface area contributed by atoms with E-state index in [0.717, 1.165) is 52.6 Å². The molecule has 4 aromatic rings. The highest BCUT2D eigenvalue weighted by Crippen LogP contribution is 2.38. The second-order valence-corrected chi connectivity index (χ2v) is 14.0. The molecule has 1 aliphatic heterocycles. The number of thiophene rings is 1. The molecular formula is C35H41N5O5S. The maximum atomic E-state index is 13.6. The number of hydrogen-bond acceptors (Lipinski definition) is 7. The molecule has 0 saturated carbocycles. The van der Waals surface area contributed by atoms with E-state index in [9.17, 15) is 14.4 Å². The Balaban J connectivity index is 0.00000134. The van der Waals surface area contributed by atoms with E-state index in [-0.39, 0.29) is 41.3 Å². The molecule has 46 heavy (non-hydrogen) atoms. The first-order valence-electron chi connectivity index (χ1n) is 15.7. The fourth-order valence-corrected chi connectivity index (χ4v) is 7.15. The molecule has 3 aromatic heterocycles. The van der Waals surface area contributed by atoms with Crippen LogP contribution in [0.15, 0.2) is 59.5 Å². The molecule has 6 rings (SSSR count). The number of nitrogens with zero attached hydrogens (tertiary/aromatic N) is 1. The molecule has 1 aliphatic carbocycles. The minimum Gasteiger partial charge on any atom is -0.483 e. The summed E-state index contributed by atoms with van der Waals surface area (Å²) in [5.41, 5.74) is 5.46. The van der Waals surface area contributed by atoms with E-state index < -0.39 is 0 Å². The first-order valence-corrected chi connectivity index (χ1v) is 16.5. The van der Waals surface area contributed by atoms with Crippen LogP contribution >= 0.6 is 11.3 Å². The lowest BCUT2D eigenvalue weighted by atomic mass is 9.71. The summed E-state index contributed by atoms with van der Waals surface area (Å²) in [6.45, 7) is 7.96. The van der Waals surface area contributed by atoms with Crippen LogP contribution in [0.1, 0.15) is 72.6 Å². The van der Waals surface area contributed by atoms with Crippen LogP contribution in [0.25, 0.3) is 21.3 Å². The highest BCUT2D eigenvalue weighted by atomic mass is 32.1. The van der Waals surface area contributed by atoms with Gasteiger partial charge in [-0.25, -0.2) is 4.98 Å². The van der Waals surface area contributed by atoms with E-state index in [4.69, 9.17) is 14.9 Å². The molecule has 0 radical (unpaired) electrons. The summed E-state index contributed by atoms with van der Waals surface area (Å²) in [6.07, 6.45) is 6.24. The molecule has 2 amide bonds. The Hall–Kier alpha value is -4.35. The second kappa shape index (κ2) is 14.4. The summed E-state index contributed by atoms with van der Waals surface area (Å²) in [4.78, 5) is 54.8. The van der Waals surface area contributed by atoms with Crippen LogP contribution in [0, 0.1) is 11.3 Å². The number of carbonyl (C=O) groups is 3. The van der Waals surface area contributed by atoms with Gasteiger partial charge in [-0.3, -0.25) is 19.2 Å². The van der Waals surface area contributed by atoms with Gasteiger partial charge in [0.05, 0.1) is 17.0 Å². The Morgan fingerprint density at radius 3 is 2.50 bits per heavy atom. The average molecular weight is 644 g/mol. The monoisotopic (exact) mass is 643 g/mol. The number of aromatic amines is 1. The molecule has 10 nitrogen and oxygen atoms in total. The first-order chi connectivity index (χ1) is 22.0. The third kappa shape index (κ3) is 7.89. The average Bonchev–Trinajstić information content (AvgIpc) is 3.64. The van der Waals surface area contributed by atoms with Gasteiger partial charge in [-0.2, -0.15) is 0 Å². The number of amides is 2. The van der Waals surface area contributed by atoms with Gasteiger partial charge in [-0.1, -0.05) is 45.0 Å². The van der Waals surface area contributed by atoms with Crippen molar-refractivity contribution in [3.63, 3.8) is 0 Å². The van der Waals surface area contributed by atoms with Crippen molar-refractivity contribution >= 4 is 39.8 Å². The Labute approximate surface area is 272 Å². The number of rotatable bonds is 8. The first kappa shape index (κ1) is 33.0. The van der Waals surface area contributed by atoms with Crippen molar-refractivity contribution in [1.82, 2.24) is 25.9 Å². The number of aromatic nitrogens is 2. The van der Waals surface area contributed by atoms with E-state index in [2.05, 4.69) is 47.8 Å². The Kier molecular flexibility index (Phi) is 10.3. The summed E-state index contributed by atoms with van der Waals surface area (Å²) in [6, 6.07) is 15.1. The zero-order chi connectivity index (χ0) is 32.8. The molecule has 1 unspecified atom stereocenters. The van der Waals surface area contributed by atoms with Gasteiger partial charge in [-0.05, 0) is 90.4 Å². The molecule has 242 valence electrons. The highest BCUT2D eigenvalue weighted by molar-refractivity contribution is 7.20. The van der Waals surface area contributed by atoms with Gasteiger partial charge in [-0.15, -0.1) is 11.3 Å². The third-order valence-electron chi connectivity index (χ3n) is 8.93. The molecule has 5 N–H and O–H groups in total. The van der Waals surface area contributed by atoms with Crippen LogP contribution in [0.4, 0.5) is 0 Å². The number of pyridine rings is 2. The number of fused-ring (bicyclic) bond motifs is 2. The Bertz CT molecular complexity index is 1740. The highest BCUT2D eigenvalue weighted by Gasteiger charge is 2.30. The molecule has 4 heterocycles. The van der Waals surface area contributed by atoms with E-state index in [1.54, 1.807) is 12.3 Å². The van der Waals surface area contributed by atoms with Gasteiger partial charge in [0, 0.05) is 29.9 Å². The molecular weight excluding hydrogens is 602 g/mol. The molecule has 1 saturated heterocycles. The van der Waals surface area contributed by atoms with Crippen molar-refractivity contribution in [3.8, 4) is 11.1 Å². The smallest absolute Gasteiger partial charge is 0.290 e. The van der Waals surface area contributed by atoms with Crippen molar-refractivity contribution in [2.75, 3.05) is 13.1 Å². The van der Waals surface area contributed by atoms with Gasteiger partial charge in [0.25, 0.3) is 12.4 Å².